The molecule has 74 valence electrons. The lowest BCUT2D eigenvalue weighted by molar-refractivity contribution is -0.180. The van der Waals surface area contributed by atoms with Crippen molar-refractivity contribution in [2.24, 2.45) is 5.41 Å². The zero-order valence-corrected chi connectivity index (χ0v) is 7.57. The molecule has 0 radical (unpaired) electrons. The summed E-state index contributed by atoms with van der Waals surface area (Å²) in [6, 6.07) is 0. The van der Waals surface area contributed by atoms with Crippen LogP contribution in [0.4, 0.5) is 0 Å². The molecule has 1 unspecified atom stereocenters. The standard InChI is InChI=1S/C8H12O5/c1-8(2)4-13-5(9)3-12-7(11)6(8)10/h6,10H,3-4H2,1-2H3. The summed E-state index contributed by atoms with van der Waals surface area (Å²) in [4.78, 5) is 21.8. The maximum absolute atomic E-state index is 11.0. The van der Waals surface area contributed by atoms with E-state index in [0.717, 1.165) is 0 Å². The van der Waals surface area contributed by atoms with E-state index in [9.17, 15) is 14.7 Å². The van der Waals surface area contributed by atoms with Crippen molar-refractivity contribution in [3.8, 4) is 0 Å². The predicted octanol–water partition coefficient (Wildman–Crippen LogP) is -0.527. The second-order valence-electron chi connectivity index (χ2n) is 3.66. The minimum atomic E-state index is -1.25. The van der Waals surface area contributed by atoms with E-state index in [2.05, 4.69) is 4.74 Å². The fourth-order valence-electron chi connectivity index (χ4n) is 0.915. The Labute approximate surface area is 75.6 Å². The van der Waals surface area contributed by atoms with Gasteiger partial charge in [0.1, 0.15) is 0 Å². The van der Waals surface area contributed by atoms with E-state index >= 15 is 0 Å². The predicted molar refractivity (Wildman–Crippen MR) is 41.7 cm³/mol. The van der Waals surface area contributed by atoms with Gasteiger partial charge in [-0.1, -0.05) is 13.8 Å². The molecule has 0 saturated carbocycles. The van der Waals surface area contributed by atoms with Gasteiger partial charge >= 0.3 is 11.9 Å². The van der Waals surface area contributed by atoms with Crippen LogP contribution in [0.3, 0.4) is 0 Å². The molecule has 0 spiro atoms. The molecule has 0 aromatic carbocycles. The molecule has 1 saturated heterocycles. The number of aliphatic hydroxyl groups excluding tert-OH is 1. The number of esters is 2. The number of carbonyl (C=O) groups is 2. The normalized spacial score (nSPS) is 28.4. The minimum absolute atomic E-state index is 0.0160. The molecule has 1 N–H and O–H groups in total. The van der Waals surface area contributed by atoms with Gasteiger partial charge in [-0.25, -0.2) is 9.59 Å². The average molecular weight is 188 g/mol. The summed E-state index contributed by atoms with van der Waals surface area (Å²) in [6.07, 6.45) is -1.25. The van der Waals surface area contributed by atoms with E-state index < -0.39 is 30.1 Å². The van der Waals surface area contributed by atoms with Crippen molar-refractivity contribution < 1.29 is 24.2 Å². The van der Waals surface area contributed by atoms with Gasteiger partial charge in [0.05, 0.1) is 6.61 Å². The molecule has 5 nitrogen and oxygen atoms in total. The van der Waals surface area contributed by atoms with Crippen LogP contribution in [-0.4, -0.2) is 36.4 Å². The fourth-order valence-corrected chi connectivity index (χ4v) is 0.915. The highest BCUT2D eigenvalue weighted by molar-refractivity contribution is 5.80. The third kappa shape index (κ3) is 2.18. The van der Waals surface area contributed by atoms with Crippen LogP contribution in [0.2, 0.25) is 0 Å². The Kier molecular flexibility index (Phi) is 2.56. The Morgan fingerprint density at radius 2 is 2.00 bits per heavy atom. The molecule has 0 aromatic heterocycles. The topological polar surface area (TPSA) is 72.8 Å². The van der Waals surface area contributed by atoms with Gasteiger partial charge < -0.3 is 14.6 Å². The van der Waals surface area contributed by atoms with Crippen molar-refractivity contribution in [2.45, 2.75) is 20.0 Å². The first-order chi connectivity index (χ1) is 5.93. The molecule has 5 heteroatoms. The molecule has 1 fully saturated rings. The number of cyclic esters (lactones) is 2. The lowest BCUT2D eigenvalue weighted by atomic mass is 9.87. The molecule has 1 aliphatic heterocycles. The highest BCUT2D eigenvalue weighted by Crippen LogP contribution is 2.23. The molecule has 0 amide bonds. The smallest absolute Gasteiger partial charge is 0.344 e. The highest BCUT2D eigenvalue weighted by atomic mass is 16.6. The molecule has 0 aromatic rings. The van der Waals surface area contributed by atoms with Crippen molar-refractivity contribution in [2.75, 3.05) is 13.2 Å². The summed E-state index contributed by atoms with van der Waals surface area (Å²) >= 11 is 0. The summed E-state index contributed by atoms with van der Waals surface area (Å²) < 4.78 is 9.22. The second kappa shape index (κ2) is 3.33. The van der Waals surface area contributed by atoms with Crippen LogP contribution < -0.4 is 0 Å². The molecular formula is C8H12O5. The van der Waals surface area contributed by atoms with Crippen molar-refractivity contribution >= 4 is 11.9 Å². The molecule has 13 heavy (non-hydrogen) atoms. The zero-order chi connectivity index (χ0) is 10.1. The van der Waals surface area contributed by atoms with Crippen LogP contribution in [0.5, 0.6) is 0 Å². The van der Waals surface area contributed by atoms with Crippen LogP contribution >= 0.6 is 0 Å². The van der Waals surface area contributed by atoms with Crippen molar-refractivity contribution in [1.29, 1.82) is 0 Å². The van der Waals surface area contributed by atoms with Crippen LogP contribution in [-0.2, 0) is 19.1 Å². The van der Waals surface area contributed by atoms with E-state index in [-0.39, 0.29) is 6.61 Å². The number of carbonyl (C=O) groups excluding carboxylic acids is 2. The summed E-state index contributed by atoms with van der Waals surface area (Å²) in [5.74, 6) is -1.37. The second-order valence-corrected chi connectivity index (χ2v) is 3.66. The Morgan fingerprint density at radius 1 is 1.38 bits per heavy atom. The first kappa shape index (κ1) is 9.98. The van der Waals surface area contributed by atoms with Gasteiger partial charge in [0.25, 0.3) is 0 Å². The monoisotopic (exact) mass is 188 g/mol. The Balaban J connectivity index is 2.76. The van der Waals surface area contributed by atoms with Crippen molar-refractivity contribution in [3.63, 3.8) is 0 Å². The number of aliphatic hydroxyl groups is 1. The molecule has 1 heterocycles. The van der Waals surface area contributed by atoms with Crippen LogP contribution in [0.1, 0.15) is 13.8 Å². The van der Waals surface area contributed by atoms with E-state index in [1.54, 1.807) is 13.8 Å². The number of hydrogen-bond donors (Lipinski definition) is 1. The number of ether oxygens (including phenoxy) is 2. The SMILES string of the molecule is CC1(C)COC(=O)COC(=O)C1O. The van der Waals surface area contributed by atoms with Gasteiger partial charge in [-0.15, -0.1) is 0 Å². The molecule has 0 bridgehead atoms. The van der Waals surface area contributed by atoms with Crippen molar-refractivity contribution in [3.05, 3.63) is 0 Å². The van der Waals surface area contributed by atoms with Gasteiger partial charge in [0, 0.05) is 5.41 Å². The first-order valence-electron chi connectivity index (χ1n) is 3.94. The Morgan fingerprint density at radius 3 is 2.62 bits per heavy atom. The van der Waals surface area contributed by atoms with E-state index in [4.69, 9.17) is 4.74 Å². The molecule has 1 aliphatic rings. The van der Waals surface area contributed by atoms with Gasteiger partial charge in [0.15, 0.2) is 12.7 Å². The highest BCUT2D eigenvalue weighted by Gasteiger charge is 2.38. The molecule has 1 atom stereocenters. The van der Waals surface area contributed by atoms with E-state index in [1.807, 2.05) is 0 Å². The van der Waals surface area contributed by atoms with Gasteiger partial charge in [-0.05, 0) is 0 Å². The van der Waals surface area contributed by atoms with Crippen LogP contribution in [0, 0.1) is 5.41 Å². The largest absolute Gasteiger partial charge is 0.462 e. The van der Waals surface area contributed by atoms with E-state index in [0.29, 0.717) is 0 Å². The Hall–Kier alpha value is -1.10. The van der Waals surface area contributed by atoms with Crippen LogP contribution in [0.25, 0.3) is 0 Å². The lowest BCUT2D eigenvalue weighted by Crippen LogP contribution is -2.44. The summed E-state index contributed by atoms with van der Waals surface area (Å²) in [7, 11) is 0. The summed E-state index contributed by atoms with van der Waals surface area (Å²) in [5, 5.41) is 9.43. The summed E-state index contributed by atoms with van der Waals surface area (Å²) in [6.45, 7) is 2.84. The third-order valence-electron chi connectivity index (χ3n) is 1.90. The number of rotatable bonds is 0. The molecule has 0 aliphatic carbocycles. The fraction of sp³-hybridized carbons (Fsp3) is 0.750. The average Bonchev–Trinajstić information content (AvgIpc) is 2.08. The Bertz CT molecular complexity index is 233. The number of hydrogen-bond acceptors (Lipinski definition) is 5. The molecular weight excluding hydrogens is 176 g/mol. The maximum atomic E-state index is 11.0. The van der Waals surface area contributed by atoms with Crippen LogP contribution in [0.15, 0.2) is 0 Å². The lowest BCUT2D eigenvalue weighted by Gasteiger charge is -2.30. The van der Waals surface area contributed by atoms with Gasteiger partial charge in [-0.3, -0.25) is 0 Å². The minimum Gasteiger partial charge on any atom is -0.462 e. The maximum Gasteiger partial charge on any atom is 0.344 e. The molecule has 1 rings (SSSR count). The van der Waals surface area contributed by atoms with Gasteiger partial charge in [0.2, 0.25) is 0 Å². The first-order valence-corrected chi connectivity index (χ1v) is 3.94. The summed E-state index contributed by atoms with van der Waals surface area (Å²) in [5.41, 5.74) is -0.798. The third-order valence-corrected chi connectivity index (χ3v) is 1.90. The van der Waals surface area contributed by atoms with Gasteiger partial charge in [-0.2, -0.15) is 0 Å². The van der Waals surface area contributed by atoms with E-state index in [1.165, 1.54) is 0 Å². The van der Waals surface area contributed by atoms with Crippen molar-refractivity contribution in [1.82, 2.24) is 0 Å². The quantitative estimate of drug-likeness (QED) is 0.517. The zero-order valence-electron chi connectivity index (χ0n) is 7.57.